The molecule has 0 fully saturated rings. The van der Waals surface area contributed by atoms with Crippen LogP contribution in [0.4, 0.5) is 0 Å². The molecule has 2 aromatic carbocycles. The van der Waals surface area contributed by atoms with Crippen LogP contribution in [0.25, 0.3) is 21.8 Å². The van der Waals surface area contributed by atoms with Gasteiger partial charge in [-0.05, 0) is 30.5 Å². The molecule has 3 aromatic rings. The van der Waals surface area contributed by atoms with E-state index >= 15 is 0 Å². The number of esters is 1. The van der Waals surface area contributed by atoms with E-state index in [4.69, 9.17) is 4.74 Å². The molecule has 0 saturated carbocycles. The van der Waals surface area contributed by atoms with Crippen LogP contribution in [0, 0.1) is 0 Å². The van der Waals surface area contributed by atoms with Gasteiger partial charge in [0, 0.05) is 26.7 Å². The summed E-state index contributed by atoms with van der Waals surface area (Å²) in [5, 5.41) is 2.34. The van der Waals surface area contributed by atoms with Gasteiger partial charge < -0.3 is 9.72 Å². The minimum Gasteiger partial charge on any atom is -0.465 e. The molecule has 0 amide bonds. The van der Waals surface area contributed by atoms with Crippen LogP contribution >= 0.6 is 11.8 Å². The fourth-order valence-corrected chi connectivity index (χ4v) is 2.98. The van der Waals surface area contributed by atoms with E-state index in [1.807, 2.05) is 24.3 Å². The van der Waals surface area contributed by atoms with Gasteiger partial charge in [0.1, 0.15) is 0 Å². The Bertz CT molecular complexity index is 776. The Labute approximate surface area is 114 Å². The molecule has 3 nitrogen and oxygen atoms in total. The number of hydrogen-bond donors (Lipinski definition) is 1. The van der Waals surface area contributed by atoms with Gasteiger partial charge >= 0.3 is 5.97 Å². The van der Waals surface area contributed by atoms with Gasteiger partial charge in [-0.3, -0.25) is 0 Å². The monoisotopic (exact) mass is 271 g/mol. The van der Waals surface area contributed by atoms with Crippen molar-refractivity contribution in [2.45, 2.75) is 4.90 Å². The lowest BCUT2D eigenvalue weighted by atomic mass is 10.1. The van der Waals surface area contributed by atoms with Crippen molar-refractivity contribution in [1.29, 1.82) is 0 Å². The molecule has 0 aliphatic heterocycles. The molecule has 1 N–H and O–H groups in total. The van der Waals surface area contributed by atoms with Crippen LogP contribution in [0.5, 0.6) is 0 Å². The van der Waals surface area contributed by atoms with Crippen LogP contribution in [0.3, 0.4) is 0 Å². The van der Waals surface area contributed by atoms with Crippen LogP contribution in [-0.2, 0) is 4.74 Å². The number of carbonyl (C=O) groups is 1. The number of carbonyl (C=O) groups excluding carboxylic acids is 1. The van der Waals surface area contributed by atoms with Crippen molar-refractivity contribution in [1.82, 2.24) is 4.98 Å². The zero-order valence-electron chi connectivity index (χ0n) is 10.7. The summed E-state index contributed by atoms with van der Waals surface area (Å²) in [4.78, 5) is 16.1. The first-order valence-electron chi connectivity index (χ1n) is 5.91. The zero-order valence-corrected chi connectivity index (χ0v) is 11.5. The van der Waals surface area contributed by atoms with E-state index in [9.17, 15) is 4.79 Å². The van der Waals surface area contributed by atoms with E-state index in [0.717, 1.165) is 16.4 Å². The smallest absolute Gasteiger partial charge is 0.337 e. The highest BCUT2D eigenvalue weighted by Gasteiger charge is 2.11. The van der Waals surface area contributed by atoms with Crippen molar-refractivity contribution in [2.75, 3.05) is 13.4 Å². The molecule has 1 aromatic heterocycles. The molecule has 19 heavy (non-hydrogen) atoms. The van der Waals surface area contributed by atoms with Gasteiger partial charge in [0.2, 0.25) is 0 Å². The summed E-state index contributed by atoms with van der Waals surface area (Å²) in [7, 11) is 1.39. The Balaban J connectivity index is 2.32. The Kier molecular flexibility index (Phi) is 2.95. The molecular weight excluding hydrogens is 258 g/mol. The summed E-state index contributed by atoms with van der Waals surface area (Å²) in [6, 6.07) is 11.8. The van der Waals surface area contributed by atoms with Gasteiger partial charge in [-0.15, -0.1) is 11.8 Å². The number of ether oxygens (including phenoxy) is 1. The molecule has 1 heterocycles. The molecule has 3 rings (SSSR count). The fourth-order valence-electron chi connectivity index (χ4n) is 2.34. The van der Waals surface area contributed by atoms with E-state index in [1.54, 1.807) is 17.8 Å². The second kappa shape index (κ2) is 4.63. The molecule has 0 aliphatic rings. The fraction of sp³-hybridized carbons (Fsp3) is 0.133. The second-order valence-corrected chi connectivity index (χ2v) is 5.11. The van der Waals surface area contributed by atoms with Crippen LogP contribution in [-0.4, -0.2) is 24.3 Å². The van der Waals surface area contributed by atoms with Gasteiger partial charge in [0.25, 0.3) is 0 Å². The maximum atomic E-state index is 11.6. The van der Waals surface area contributed by atoms with Crippen molar-refractivity contribution in [3.63, 3.8) is 0 Å². The average molecular weight is 271 g/mol. The third-order valence-electron chi connectivity index (χ3n) is 3.23. The number of benzene rings is 2. The SMILES string of the molecule is COC(=O)c1ccc2c(c1)[nH]c1cccc(SC)c12. The highest BCUT2D eigenvalue weighted by atomic mass is 32.2. The van der Waals surface area contributed by atoms with Crippen molar-refractivity contribution in [2.24, 2.45) is 0 Å². The number of H-pyrrole nitrogens is 1. The maximum Gasteiger partial charge on any atom is 0.337 e. The van der Waals surface area contributed by atoms with Crippen molar-refractivity contribution in [3.8, 4) is 0 Å². The Morgan fingerprint density at radius 2 is 2.05 bits per heavy atom. The lowest BCUT2D eigenvalue weighted by Gasteiger charge is -2.00. The highest BCUT2D eigenvalue weighted by molar-refractivity contribution is 7.98. The highest BCUT2D eigenvalue weighted by Crippen LogP contribution is 2.33. The van der Waals surface area contributed by atoms with Gasteiger partial charge in [-0.2, -0.15) is 0 Å². The van der Waals surface area contributed by atoms with Crippen LogP contribution in [0.2, 0.25) is 0 Å². The standard InChI is InChI=1S/C15H13NO2S/c1-18-15(17)9-6-7-10-12(8-9)16-11-4-3-5-13(19-2)14(10)11/h3-8,16H,1-2H3. The van der Waals surface area contributed by atoms with Gasteiger partial charge in [-0.25, -0.2) is 4.79 Å². The van der Waals surface area contributed by atoms with Gasteiger partial charge in [0.15, 0.2) is 0 Å². The molecule has 0 saturated heterocycles. The number of thioether (sulfide) groups is 1. The summed E-state index contributed by atoms with van der Waals surface area (Å²) in [5.74, 6) is -0.314. The van der Waals surface area contributed by atoms with Crippen molar-refractivity contribution in [3.05, 3.63) is 42.0 Å². The van der Waals surface area contributed by atoms with E-state index in [0.29, 0.717) is 5.56 Å². The number of nitrogens with one attached hydrogen (secondary N) is 1. The predicted octanol–water partition coefficient (Wildman–Crippen LogP) is 3.83. The Morgan fingerprint density at radius 1 is 1.21 bits per heavy atom. The Morgan fingerprint density at radius 3 is 2.79 bits per heavy atom. The molecule has 4 heteroatoms. The molecule has 0 bridgehead atoms. The van der Waals surface area contributed by atoms with Crippen molar-refractivity contribution < 1.29 is 9.53 Å². The summed E-state index contributed by atoms with van der Waals surface area (Å²) in [5.41, 5.74) is 2.61. The summed E-state index contributed by atoms with van der Waals surface area (Å²) < 4.78 is 4.75. The first-order valence-corrected chi connectivity index (χ1v) is 7.14. The molecule has 0 unspecified atom stereocenters. The molecule has 0 aliphatic carbocycles. The number of hydrogen-bond acceptors (Lipinski definition) is 3. The Hall–Kier alpha value is -1.94. The predicted molar refractivity (Wildman–Crippen MR) is 78.9 cm³/mol. The number of fused-ring (bicyclic) bond motifs is 3. The first kappa shape index (κ1) is 12.1. The van der Waals surface area contributed by atoms with Crippen LogP contribution in [0.1, 0.15) is 10.4 Å². The molecule has 0 radical (unpaired) electrons. The normalized spacial score (nSPS) is 11.1. The molecule has 96 valence electrons. The molecule has 0 spiro atoms. The average Bonchev–Trinajstić information content (AvgIpc) is 2.83. The van der Waals surface area contributed by atoms with E-state index in [2.05, 4.69) is 17.3 Å². The zero-order chi connectivity index (χ0) is 13.4. The van der Waals surface area contributed by atoms with Crippen LogP contribution < -0.4 is 0 Å². The van der Waals surface area contributed by atoms with Crippen molar-refractivity contribution >= 4 is 39.5 Å². The largest absolute Gasteiger partial charge is 0.465 e. The minimum atomic E-state index is -0.314. The maximum absolute atomic E-state index is 11.6. The van der Waals surface area contributed by atoms with Gasteiger partial charge in [0.05, 0.1) is 12.7 Å². The lowest BCUT2D eigenvalue weighted by Crippen LogP contribution is -2.00. The summed E-state index contributed by atoms with van der Waals surface area (Å²) >= 11 is 1.72. The van der Waals surface area contributed by atoms with E-state index in [-0.39, 0.29) is 5.97 Å². The number of methoxy groups -OCH3 is 1. The molecule has 0 atom stereocenters. The number of aromatic amines is 1. The third kappa shape index (κ3) is 1.88. The number of aromatic nitrogens is 1. The van der Waals surface area contributed by atoms with Crippen LogP contribution in [0.15, 0.2) is 41.3 Å². The molecular formula is C15H13NO2S. The third-order valence-corrected chi connectivity index (χ3v) is 4.01. The van der Waals surface area contributed by atoms with Gasteiger partial charge in [-0.1, -0.05) is 12.1 Å². The summed E-state index contributed by atoms with van der Waals surface area (Å²) in [6.45, 7) is 0. The lowest BCUT2D eigenvalue weighted by molar-refractivity contribution is 0.0601. The number of rotatable bonds is 2. The second-order valence-electron chi connectivity index (χ2n) is 4.26. The van der Waals surface area contributed by atoms with E-state index < -0.39 is 0 Å². The minimum absolute atomic E-state index is 0.314. The van der Waals surface area contributed by atoms with E-state index in [1.165, 1.54) is 17.4 Å². The first-order chi connectivity index (χ1) is 9.24. The quantitative estimate of drug-likeness (QED) is 0.569. The topological polar surface area (TPSA) is 42.1 Å². The summed E-state index contributed by atoms with van der Waals surface area (Å²) in [6.07, 6.45) is 2.07.